The second kappa shape index (κ2) is 7.20. The third-order valence-corrected chi connectivity index (χ3v) is 3.09. The number of hydrogen-bond donors (Lipinski definition) is 1. The normalized spacial score (nSPS) is 9.76. The average Bonchev–Trinajstić information content (AvgIpc) is 2.52. The van der Waals surface area contributed by atoms with E-state index in [0.717, 1.165) is 23.5 Å². The number of anilines is 2. The Morgan fingerprint density at radius 1 is 1.14 bits per heavy atom. The van der Waals surface area contributed by atoms with E-state index in [-0.39, 0.29) is 6.61 Å². The molecule has 0 amide bonds. The first kappa shape index (κ1) is 14.7. The standard InChI is InChI=1S/C17H19N3O/c1-20(2)16-5-3-4-15(12-16)19-13-14-6-8-17(9-7-14)21-11-10-18/h3-9,12,19H,11,13H2,1-2H3. The maximum absolute atomic E-state index is 8.47. The molecule has 0 aliphatic heterocycles. The van der Waals surface area contributed by atoms with E-state index in [4.69, 9.17) is 10.00 Å². The van der Waals surface area contributed by atoms with Crippen molar-refractivity contribution in [3.8, 4) is 11.8 Å². The van der Waals surface area contributed by atoms with Gasteiger partial charge in [0.2, 0.25) is 0 Å². The first-order valence-electron chi connectivity index (χ1n) is 6.79. The molecule has 2 aromatic rings. The van der Waals surface area contributed by atoms with E-state index in [1.54, 1.807) is 0 Å². The Morgan fingerprint density at radius 2 is 1.90 bits per heavy atom. The summed E-state index contributed by atoms with van der Waals surface area (Å²) in [5, 5.41) is 11.9. The topological polar surface area (TPSA) is 48.3 Å². The predicted octanol–water partition coefficient (Wildman–Crippen LogP) is 3.27. The molecule has 0 bridgehead atoms. The molecular weight excluding hydrogens is 262 g/mol. The van der Waals surface area contributed by atoms with Crippen molar-refractivity contribution in [1.82, 2.24) is 0 Å². The maximum Gasteiger partial charge on any atom is 0.174 e. The van der Waals surface area contributed by atoms with Crippen molar-refractivity contribution in [2.75, 3.05) is 30.9 Å². The fourth-order valence-electron chi connectivity index (χ4n) is 1.92. The Kier molecular flexibility index (Phi) is 5.05. The fraction of sp³-hybridized carbons (Fsp3) is 0.235. The van der Waals surface area contributed by atoms with Crippen LogP contribution in [0.2, 0.25) is 0 Å². The highest BCUT2D eigenvalue weighted by Gasteiger charge is 1.99. The monoisotopic (exact) mass is 281 g/mol. The van der Waals surface area contributed by atoms with Crippen LogP contribution in [0, 0.1) is 11.3 Å². The molecule has 4 heteroatoms. The molecule has 0 aromatic heterocycles. The smallest absolute Gasteiger partial charge is 0.174 e. The van der Waals surface area contributed by atoms with Gasteiger partial charge in [0, 0.05) is 32.0 Å². The first-order chi connectivity index (χ1) is 10.2. The van der Waals surface area contributed by atoms with Gasteiger partial charge in [-0.1, -0.05) is 18.2 Å². The van der Waals surface area contributed by atoms with Gasteiger partial charge in [0.15, 0.2) is 6.61 Å². The highest BCUT2D eigenvalue weighted by atomic mass is 16.5. The maximum atomic E-state index is 8.47. The molecule has 2 aromatic carbocycles. The summed E-state index contributed by atoms with van der Waals surface area (Å²) in [4.78, 5) is 2.08. The van der Waals surface area contributed by atoms with Gasteiger partial charge in [0.05, 0.1) is 0 Å². The Hall–Kier alpha value is -2.67. The highest BCUT2D eigenvalue weighted by Crippen LogP contribution is 2.18. The number of nitrogens with zero attached hydrogens (tertiary/aromatic N) is 2. The first-order valence-corrected chi connectivity index (χ1v) is 6.79. The largest absolute Gasteiger partial charge is 0.479 e. The van der Waals surface area contributed by atoms with Crippen LogP contribution in [0.25, 0.3) is 0 Å². The minimum atomic E-state index is 0.0783. The molecule has 4 nitrogen and oxygen atoms in total. The van der Waals surface area contributed by atoms with Crippen LogP contribution in [-0.2, 0) is 6.54 Å². The van der Waals surface area contributed by atoms with E-state index < -0.39 is 0 Å². The summed E-state index contributed by atoms with van der Waals surface area (Å²) in [5.41, 5.74) is 3.42. The zero-order valence-corrected chi connectivity index (χ0v) is 12.3. The Balaban J connectivity index is 1.93. The third-order valence-electron chi connectivity index (χ3n) is 3.09. The van der Waals surface area contributed by atoms with Crippen LogP contribution >= 0.6 is 0 Å². The Morgan fingerprint density at radius 3 is 2.57 bits per heavy atom. The number of rotatable bonds is 6. The molecule has 0 spiro atoms. The molecule has 0 aliphatic rings. The average molecular weight is 281 g/mol. The molecular formula is C17H19N3O. The van der Waals surface area contributed by atoms with E-state index in [0.29, 0.717) is 0 Å². The number of hydrogen-bond acceptors (Lipinski definition) is 4. The van der Waals surface area contributed by atoms with E-state index in [2.05, 4.69) is 28.4 Å². The van der Waals surface area contributed by atoms with Gasteiger partial charge in [-0.25, -0.2) is 0 Å². The number of nitrogens with one attached hydrogen (secondary N) is 1. The Bertz CT molecular complexity index is 615. The SMILES string of the molecule is CN(C)c1cccc(NCc2ccc(OCC#N)cc2)c1. The van der Waals surface area contributed by atoms with Crippen molar-refractivity contribution < 1.29 is 4.74 Å². The molecule has 0 saturated carbocycles. The van der Waals surface area contributed by atoms with Crippen molar-refractivity contribution in [2.45, 2.75) is 6.54 Å². The van der Waals surface area contributed by atoms with Gasteiger partial charge in [-0.2, -0.15) is 5.26 Å². The van der Waals surface area contributed by atoms with Gasteiger partial charge in [-0.05, 0) is 35.9 Å². The molecule has 0 aliphatic carbocycles. The second-order valence-electron chi connectivity index (χ2n) is 4.89. The van der Waals surface area contributed by atoms with Crippen molar-refractivity contribution >= 4 is 11.4 Å². The molecule has 0 radical (unpaired) electrons. The van der Waals surface area contributed by atoms with Crippen molar-refractivity contribution in [3.63, 3.8) is 0 Å². The lowest BCUT2D eigenvalue weighted by atomic mass is 10.2. The minimum absolute atomic E-state index is 0.0783. The lowest BCUT2D eigenvalue weighted by Gasteiger charge is -2.14. The van der Waals surface area contributed by atoms with E-state index in [1.807, 2.05) is 50.5 Å². The van der Waals surface area contributed by atoms with Gasteiger partial charge in [-0.3, -0.25) is 0 Å². The van der Waals surface area contributed by atoms with Crippen molar-refractivity contribution in [3.05, 3.63) is 54.1 Å². The van der Waals surface area contributed by atoms with Crippen molar-refractivity contribution in [1.29, 1.82) is 5.26 Å². The van der Waals surface area contributed by atoms with Crippen LogP contribution in [0.15, 0.2) is 48.5 Å². The summed E-state index contributed by atoms with van der Waals surface area (Å²) < 4.78 is 5.23. The number of benzene rings is 2. The third kappa shape index (κ3) is 4.43. The molecule has 1 N–H and O–H groups in total. The zero-order valence-electron chi connectivity index (χ0n) is 12.3. The van der Waals surface area contributed by atoms with Crippen LogP contribution < -0.4 is 15.0 Å². The summed E-state index contributed by atoms with van der Waals surface area (Å²) in [5.74, 6) is 0.718. The van der Waals surface area contributed by atoms with Crippen LogP contribution in [0.5, 0.6) is 5.75 Å². The minimum Gasteiger partial charge on any atom is -0.479 e. The molecule has 0 fully saturated rings. The summed E-state index contributed by atoms with van der Waals surface area (Å²) in [6, 6.07) is 18.0. The fourth-order valence-corrected chi connectivity index (χ4v) is 1.92. The second-order valence-corrected chi connectivity index (χ2v) is 4.89. The van der Waals surface area contributed by atoms with Crippen LogP contribution in [0.1, 0.15) is 5.56 Å². The lowest BCUT2D eigenvalue weighted by Crippen LogP contribution is -2.09. The van der Waals surface area contributed by atoms with Gasteiger partial charge in [-0.15, -0.1) is 0 Å². The Labute approximate surface area is 125 Å². The summed E-state index contributed by atoms with van der Waals surface area (Å²) in [6.07, 6.45) is 0. The molecule has 21 heavy (non-hydrogen) atoms. The molecule has 2 rings (SSSR count). The highest BCUT2D eigenvalue weighted by molar-refractivity contribution is 5.57. The molecule has 0 heterocycles. The van der Waals surface area contributed by atoms with Crippen LogP contribution in [0.4, 0.5) is 11.4 Å². The van der Waals surface area contributed by atoms with E-state index >= 15 is 0 Å². The number of ether oxygens (including phenoxy) is 1. The summed E-state index contributed by atoms with van der Waals surface area (Å²) >= 11 is 0. The number of nitriles is 1. The zero-order chi connectivity index (χ0) is 15.1. The predicted molar refractivity (Wildman–Crippen MR) is 85.6 cm³/mol. The van der Waals surface area contributed by atoms with E-state index in [9.17, 15) is 0 Å². The molecule has 0 saturated heterocycles. The van der Waals surface area contributed by atoms with E-state index in [1.165, 1.54) is 5.69 Å². The lowest BCUT2D eigenvalue weighted by molar-refractivity contribution is 0.368. The summed E-state index contributed by atoms with van der Waals surface area (Å²) in [7, 11) is 4.05. The molecule has 0 atom stereocenters. The van der Waals surface area contributed by atoms with Gasteiger partial charge >= 0.3 is 0 Å². The van der Waals surface area contributed by atoms with Gasteiger partial charge in [0.25, 0.3) is 0 Å². The van der Waals surface area contributed by atoms with Gasteiger partial charge in [0.1, 0.15) is 11.8 Å². The molecule has 108 valence electrons. The van der Waals surface area contributed by atoms with Crippen LogP contribution in [0.3, 0.4) is 0 Å². The van der Waals surface area contributed by atoms with Crippen molar-refractivity contribution in [2.24, 2.45) is 0 Å². The molecule has 0 unspecified atom stereocenters. The quantitative estimate of drug-likeness (QED) is 0.883. The van der Waals surface area contributed by atoms with Gasteiger partial charge < -0.3 is 15.0 Å². The summed E-state index contributed by atoms with van der Waals surface area (Å²) in [6.45, 7) is 0.824. The van der Waals surface area contributed by atoms with Crippen LogP contribution in [-0.4, -0.2) is 20.7 Å².